The fraction of sp³-hybridized carbons (Fsp3) is 0.333. The Kier molecular flexibility index (Phi) is 5.89. The van der Waals surface area contributed by atoms with Crippen LogP contribution in [0.3, 0.4) is 0 Å². The van der Waals surface area contributed by atoms with Crippen molar-refractivity contribution in [1.82, 2.24) is 10.2 Å². The van der Waals surface area contributed by atoms with Gasteiger partial charge in [-0.3, -0.25) is 9.59 Å². The zero-order valence-corrected chi connectivity index (χ0v) is 15.0. The number of hydrogen-bond donors (Lipinski definition) is 1. The molecule has 3 rings (SSSR count). The second-order valence-electron chi connectivity index (χ2n) is 6.38. The Balaban J connectivity index is 1.52. The van der Waals surface area contributed by atoms with Crippen LogP contribution < -0.4 is 10.1 Å². The van der Waals surface area contributed by atoms with E-state index in [4.69, 9.17) is 4.74 Å². The van der Waals surface area contributed by atoms with Crippen molar-refractivity contribution in [2.45, 2.75) is 32.9 Å². The first-order valence-electron chi connectivity index (χ1n) is 9.02. The Labute approximate surface area is 154 Å². The first-order valence-corrected chi connectivity index (χ1v) is 9.02. The van der Waals surface area contributed by atoms with E-state index in [-0.39, 0.29) is 11.8 Å². The van der Waals surface area contributed by atoms with Crippen molar-refractivity contribution in [2.75, 3.05) is 13.2 Å². The molecule has 1 aliphatic rings. The van der Waals surface area contributed by atoms with E-state index >= 15 is 0 Å². The average Bonchev–Trinajstić information content (AvgIpc) is 3.06. The van der Waals surface area contributed by atoms with E-state index < -0.39 is 0 Å². The molecule has 0 spiro atoms. The number of benzene rings is 2. The third-order valence-corrected chi connectivity index (χ3v) is 4.45. The minimum Gasteiger partial charge on any atom is -0.494 e. The van der Waals surface area contributed by atoms with E-state index in [0.29, 0.717) is 31.7 Å². The van der Waals surface area contributed by atoms with Gasteiger partial charge in [0.2, 0.25) is 5.91 Å². The van der Waals surface area contributed by atoms with Crippen LogP contribution in [0.25, 0.3) is 0 Å². The summed E-state index contributed by atoms with van der Waals surface area (Å²) in [5, 5.41) is 2.92. The van der Waals surface area contributed by atoms with Gasteiger partial charge >= 0.3 is 0 Å². The van der Waals surface area contributed by atoms with Gasteiger partial charge in [-0.25, -0.2) is 0 Å². The summed E-state index contributed by atoms with van der Waals surface area (Å²) in [6.45, 7) is 4.49. The van der Waals surface area contributed by atoms with Gasteiger partial charge in [-0.15, -0.1) is 0 Å². The molecule has 136 valence electrons. The molecule has 1 N–H and O–H groups in total. The van der Waals surface area contributed by atoms with E-state index in [0.717, 1.165) is 29.8 Å². The Bertz CT molecular complexity index is 754. The highest BCUT2D eigenvalue weighted by Gasteiger charge is 2.19. The van der Waals surface area contributed by atoms with E-state index in [1.54, 1.807) is 0 Å². The van der Waals surface area contributed by atoms with Crippen molar-refractivity contribution < 1.29 is 14.3 Å². The maximum atomic E-state index is 12.3. The van der Waals surface area contributed by atoms with Gasteiger partial charge in [0.25, 0.3) is 5.91 Å². The molecule has 0 aromatic heterocycles. The van der Waals surface area contributed by atoms with E-state index in [1.165, 1.54) is 0 Å². The van der Waals surface area contributed by atoms with Crippen molar-refractivity contribution in [3.63, 3.8) is 0 Å². The Morgan fingerprint density at radius 1 is 1.08 bits per heavy atom. The molecule has 5 nitrogen and oxygen atoms in total. The lowest BCUT2D eigenvalue weighted by atomic mass is 10.1. The van der Waals surface area contributed by atoms with Crippen LogP contribution in [0, 0.1) is 0 Å². The summed E-state index contributed by atoms with van der Waals surface area (Å²) in [7, 11) is 0. The number of likely N-dealkylation sites (tertiary alicyclic amines) is 1. The Hall–Kier alpha value is -2.82. The normalized spacial score (nSPS) is 13.7. The molecule has 2 aromatic carbocycles. The first kappa shape index (κ1) is 18.0. The van der Waals surface area contributed by atoms with Gasteiger partial charge in [0, 0.05) is 31.6 Å². The van der Waals surface area contributed by atoms with Crippen LogP contribution in [-0.2, 0) is 17.9 Å². The minimum absolute atomic E-state index is 0.109. The van der Waals surface area contributed by atoms with Crippen LogP contribution in [-0.4, -0.2) is 29.9 Å². The number of rotatable bonds is 7. The van der Waals surface area contributed by atoms with Crippen molar-refractivity contribution in [2.24, 2.45) is 0 Å². The summed E-state index contributed by atoms with van der Waals surface area (Å²) in [5.74, 6) is 0.930. The zero-order valence-electron chi connectivity index (χ0n) is 15.0. The Morgan fingerprint density at radius 2 is 1.77 bits per heavy atom. The number of carbonyl (C=O) groups excluding carboxylic acids is 2. The lowest BCUT2D eigenvalue weighted by Crippen LogP contribution is -2.24. The fourth-order valence-corrected chi connectivity index (χ4v) is 3.01. The quantitative estimate of drug-likeness (QED) is 0.833. The number of nitrogens with zero attached hydrogens (tertiary/aromatic N) is 1. The molecule has 2 aromatic rings. The number of amides is 2. The van der Waals surface area contributed by atoms with Crippen LogP contribution in [0.5, 0.6) is 5.75 Å². The van der Waals surface area contributed by atoms with Gasteiger partial charge in [0.1, 0.15) is 5.75 Å². The smallest absolute Gasteiger partial charge is 0.251 e. The van der Waals surface area contributed by atoms with Crippen molar-refractivity contribution >= 4 is 11.8 Å². The molecular formula is C21H24N2O3. The predicted molar refractivity (Wildman–Crippen MR) is 99.9 cm³/mol. The molecule has 0 saturated carbocycles. The monoisotopic (exact) mass is 352 g/mol. The number of carbonyl (C=O) groups is 2. The molecule has 1 heterocycles. The number of ether oxygens (including phenoxy) is 1. The summed E-state index contributed by atoms with van der Waals surface area (Å²) < 4.78 is 5.41. The molecule has 1 aliphatic heterocycles. The predicted octanol–water partition coefficient (Wildman–Crippen LogP) is 3.14. The molecule has 2 amide bonds. The summed E-state index contributed by atoms with van der Waals surface area (Å²) in [5.41, 5.74) is 2.68. The molecular weight excluding hydrogens is 328 g/mol. The van der Waals surface area contributed by atoms with Crippen LogP contribution in [0.2, 0.25) is 0 Å². The first-order chi connectivity index (χ1) is 12.7. The molecule has 5 heteroatoms. The minimum atomic E-state index is -0.109. The topological polar surface area (TPSA) is 58.6 Å². The largest absolute Gasteiger partial charge is 0.494 e. The fourth-order valence-electron chi connectivity index (χ4n) is 3.01. The lowest BCUT2D eigenvalue weighted by Gasteiger charge is -2.15. The molecule has 0 radical (unpaired) electrons. The van der Waals surface area contributed by atoms with Crippen molar-refractivity contribution in [1.29, 1.82) is 0 Å². The molecule has 0 aliphatic carbocycles. The second kappa shape index (κ2) is 8.52. The maximum absolute atomic E-state index is 12.3. The van der Waals surface area contributed by atoms with Crippen LogP contribution >= 0.6 is 0 Å². The van der Waals surface area contributed by atoms with Crippen molar-refractivity contribution in [3.8, 4) is 5.75 Å². The van der Waals surface area contributed by atoms with E-state index in [9.17, 15) is 9.59 Å². The number of hydrogen-bond acceptors (Lipinski definition) is 3. The average molecular weight is 352 g/mol. The highest BCUT2D eigenvalue weighted by molar-refractivity contribution is 5.94. The molecule has 0 atom stereocenters. The zero-order chi connectivity index (χ0) is 18.4. The molecule has 1 saturated heterocycles. The standard InChI is InChI=1S/C21H24N2O3/c1-2-26-19-11-7-16(8-12-19)14-22-21(25)18-9-5-17(6-10-18)15-23-13-3-4-20(23)24/h5-12H,2-4,13-15H2,1H3,(H,22,25). The number of nitrogens with one attached hydrogen (secondary N) is 1. The highest BCUT2D eigenvalue weighted by atomic mass is 16.5. The van der Waals surface area contributed by atoms with E-state index in [2.05, 4.69) is 5.32 Å². The van der Waals surface area contributed by atoms with Crippen LogP contribution in [0.1, 0.15) is 41.3 Å². The third-order valence-electron chi connectivity index (χ3n) is 4.45. The van der Waals surface area contributed by atoms with Gasteiger partial charge in [0.15, 0.2) is 0 Å². The maximum Gasteiger partial charge on any atom is 0.251 e. The third kappa shape index (κ3) is 4.63. The highest BCUT2D eigenvalue weighted by Crippen LogP contribution is 2.15. The van der Waals surface area contributed by atoms with Gasteiger partial charge in [-0.2, -0.15) is 0 Å². The molecule has 0 bridgehead atoms. The van der Waals surface area contributed by atoms with Gasteiger partial charge in [0.05, 0.1) is 6.61 Å². The Morgan fingerprint density at radius 3 is 2.38 bits per heavy atom. The van der Waals surface area contributed by atoms with Gasteiger partial charge < -0.3 is 15.0 Å². The second-order valence-corrected chi connectivity index (χ2v) is 6.38. The molecule has 1 fully saturated rings. The van der Waals surface area contributed by atoms with Crippen LogP contribution in [0.15, 0.2) is 48.5 Å². The molecule has 26 heavy (non-hydrogen) atoms. The molecule has 0 unspecified atom stereocenters. The van der Waals surface area contributed by atoms with E-state index in [1.807, 2.05) is 60.4 Å². The lowest BCUT2D eigenvalue weighted by molar-refractivity contribution is -0.128. The SMILES string of the molecule is CCOc1ccc(CNC(=O)c2ccc(CN3CCCC3=O)cc2)cc1. The summed E-state index contributed by atoms with van der Waals surface area (Å²) >= 11 is 0. The van der Waals surface area contributed by atoms with Crippen LogP contribution in [0.4, 0.5) is 0 Å². The summed E-state index contributed by atoms with van der Waals surface area (Å²) in [6, 6.07) is 15.1. The summed E-state index contributed by atoms with van der Waals surface area (Å²) in [4.78, 5) is 25.8. The van der Waals surface area contributed by atoms with Crippen molar-refractivity contribution in [3.05, 3.63) is 65.2 Å². The van der Waals surface area contributed by atoms with Gasteiger partial charge in [-0.1, -0.05) is 24.3 Å². The van der Waals surface area contributed by atoms with Gasteiger partial charge in [-0.05, 0) is 48.7 Å². The summed E-state index contributed by atoms with van der Waals surface area (Å²) in [6.07, 6.45) is 1.58.